The number of carbonyl (C=O) groups is 1. The Bertz CT molecular complexity index is 1060. The lowest BCUT2D eigenvalue weighted by Crippen LogP contribution is -2.40. The second kappa shape index (κ2) is 8.92. The molecule has 1 spiro atoms. The third kappa shape index (κ3) is 3.95. The van der Waals surface area contributed by atoms with Crippen molar-refractivity contribution in [2.75, 3.05) is 32.8 Å². The monoisotopic (exact) mass is 457 g/mol. The number of rotatable bonds is 5. The maximum absolute atomic E-state index is 14.5. The molecule has 1 unspecified atom stereocenters. The number of hydrazone groups is 1. The van der Waals surface area contributed by atoms with E-state index in [4.69, 9.17) is 4.74 Å². The number of hydrogen-bond acceptors (Lipinski definition) is 5. The Hall–Kier alpha value is -2.29. The molecular weight excluding hydrogens is 432 g/mol. The molecule has 0 N–H and O–H groups in total. The molecule has 1 amide bonds. The molecule has 1 fully saturated rings. The molecule has 8 heteroatoms. The molecule has 1 atom stereocenters. The molecule has 2 aromatic carbocycles. The van der Waals surface area contributed by atoms with Crippen LogP contribution in [0, 0.1) is 11.6 Å². The smallest absolute Gasteiger partial charge is 0.244 e. The van der Waals surface area contributed by atoms with E-state index in [-0.39, 0.29) is 11.5 Å². The van der Waals surface area contributed by atoms with Crippen molar-refractivity contribution in [2.24, 2.45) is 5.10 Å². The minimum atomic E-state index is -0.708. The highest BCUT2D eigenvalue weighted by atomic mass is 32.2. The highest BCUT2D eigenvalue weighted by Crippen LogP contribution is 2.55. The van der Waals surface area contributed by atoms with Crippen LogP contribution >= 0.6 is 11.8 Å². The summed E-state index contributed by atoms with van der Waals surface area (Å²) < 4.78 is 33.8. The molecule has 1 aliphatic carbocycles. The molecule has 2 aliphatic heterocycles. The normalized spacial score (nSPS) is 22.9. The van der Waals surface area contributed by atoms with Crippen LogP contribution in [0.2, 0.25) is 0 Å². The predicted molar refractivity (Wildman–Crippen MR) is 120 cm³/mol. The van der Waals surface area contributed by atoms with Gasteiger partial charge in [0, 0.05) is 25.1 Å². The molecule has 5 rings (SSSR count). The van der Waals surface area contributed by atoms with E-state index in [9.17, 15) is 13.6 Å². The van der Waals surface area contributed by atoms with Crippen molar-refractivity contribution in [2.45, 2.75) is 30.6 Å². The first-order valence-electron chi connectivity index (χ1n) is 11.0. The minimum Gasteiger partial charge on any atom is -0.379 e. The number of morpholine rings is 1. The number of halogens is 2. The van der Waals surface area contributed by atoms with Crippen molar-refractivity contribution in [3.63, 3.8) is 0 Å². The Morgan fingerprint density at radius 2 is 1.97 bits per heavy atom. The van der Waals surface area contributed by atoms with E-state index in [2.05, 4.69) is 16.1 Å². The van der Waals surface area contributed by atoms with Gasteiger partial charge in [0.1, 0.15) is 21.5 Å². The van der Waals surface area contributed by atoms with E-state index >= 15 is 0 Å². The molecule has 0 radical (unpaired) electrons. The van der Waals surface area contributed by atoms with Crippen LogP contribution in [0.4, 0.5) is 8.78 Å². The van der Waals surface area contributed by atoms with Crippen molar-refractivity contribution >= 4 is 22.7 Å². The third-order valence-corrected chi connectivity index (χ3v) is 7.76. The number of aryl methyl sites for hydroxylation is 1. The van der Waals surface area contributed by atoms with Crippen LogP contribution in [0.3, 0.4) is 0 Å². The van der Waals surface area contributed by atoms with Crippen molar-refractivity contribution in [3.05, 3.63) is 70.8 Å². The summed E-state index contributed by atoms with van der Waals surface area (Å²) in [6.45, 7) is 4.04. The zero-order valence-electron chi connectivity index (χ0n) is 17.7. The number of hydrogen-bond donors (Lipinski definition) is 0. The van der Waals surface area contributed by atoms with Crippen LogP contribution in [-0.4, -0.2) is 53.7 Å². The lowest BCUT2D eigenvalue weighted by atomic mass is 10.1. The van der Waals surface area contributed by atoms with Gasteiger partial charge in [0.2, 0.25) is 5.91 Å². The van der Waals surface area contributed by atoms with Crippen LogP contribution in [-0.2, 0) is 20.8 Å². The van der Waals surface area contributed by atoms with E-state index in [1.54, 1.807) is 5.01 Å². The molecule has 2 heterocycles. The van der Waals surface area contributed by atoms with Crippen molar-refractivity contribution < 1.29 is 18.3 Å². The Balaban J connectivity index is 1.42. The number of carbonyl (C=O) groups excluding carboxylic acids is 1. The fourth-order valence-corrected chi connectivity index (χ4v) is 6.14. The number of thioether (sulfide) groups is 1. The zero-order valence-corrected chi connectivity index (χ0v) is 18.5. The molecule has 32 heavy (non-hydrogen) atoms. The SMILES string of the molecule is O=C(CCCN1CCOCC1)N1N=C(c2cc(F)ccc2F)SC12CCc1ccccc12. The summed E-state index contributed by atoms with van der Waals surface area (Å²) in [4.78, 5) is 15.0. The van der Waals surface area contributed by atoms with E-state index in [0.717, 1.165) is 69.5 Å². The van der Waals surface area contributed by atoms with Crippen LogP contribution in [0.15, 0.2) is 47.6 Å². The topological polar surface area (TPSA) is 45.1 Å². The summed E-state index contributed by atoms with van der Waals surface area (Å²) in [5, 5.41) is 6.47. The second-order valence-corrected chi connectivity index (χ2v) is 9.60. The number of amides is 1. The first kappa shape index (κ1) is 21.6. The minimum absolute atomic E-state index is 0.0886. The maximum atomic E-state index is 14.5. The lowest BCUT2D eigenvalue weighted by molar-refractivity contribution is -0.134. The standard InChI is InChI=1S/C24H25F2N3O2S/c25-18-7-8-21(26)19(16-18)23-27-29(22(30)6-3-11-28-12-14-31-15-13-28)24(32-23)10-9-17-4-1-2-5-20(17)24/h1-2,4-5,7-8,16H,3,6,9-15H2. The Labute approximate surface area is 190 Å². The van der Waals surface area contributed by atoms with E-state index < -0.39 is 16.5 Å². The van der Waals surface area contributed by atoms with Gasteiger partial charge >= 0.3 is 0 Å². The third-order valence-electron chi connectivity index (χ3n) is 6.33. The van der Waals surface area contributed by atoms with Gasteiger partial charge in [-0.05, 0) is 55.1 Å². The molecule has 5 nitrogen and oxygen atoms in total. The fourth-order valence-electron chi connectivity index (χ4n) is 4.69. The van der Waals surface area contributed by atoms with Crippen LogP contribution in [0.25, 0.3) is 0 Å². The Morgan fingerprint density at radius 3 is 2.81 bits per heavy atom. The lowest BCUT2D eigenvalue weighted by Gasteiger charge is -2.33. The van der Waals surface area contributed by atoms with Crippen LogP contribution in [0.5, 0.6) is 0 Å². The molecule has 2 aromatic rings. The highest BCUT2D eigenvalue weighted by Gasteiger charge is 2.52. The number of fused-ring (bicyclic) bond motifs is 2. The van der Waals surface area contributed by atoms with Crippen molar-refractivity contribution in [1.29, 1.82) is 0 Å². The highest BCUT2D eigenvalue weighted by molar-refractivity contribution is 8.15. The zero-order chi connectivity index (χ0) is 22.1. The summed E-state index contributed by atoms with van der Waals surface area (Å²) in [5.41, 5.74) is 2.30. The van der Waals surface area contributed by atoms with Crippen molar-refractivity contribution in [3.8, 4) is 0 Å². The molecular formula is C24H25F2N3O2S. The van der Waals surface area contributed by atoms with Gasteiger partial charge in [-0.3, -0.25) is 9.69 Å². The predicted octanol–water partition coefficient (Wildman–Crippen LogP) is 4.11. The number of ether oxygens (including phenoxy) is 1. The molecule has 3 aliphatic rings. The molecule has 0 saturated carbocycles. The van der Waals surface area contributed by atoms with Gasteiger partial charge in [0.25, 0.3) is 0 Å². The van der Waals surface area contributed by atoms with Gasteiger partial charge in [0.05, 0.1) is 13.2 Å². The number of benzene rings is 2. The number of nitrogens with zero attached hydrogens (tertiary/aromatic N) is 3. The Kier molecular flexibility index (Phi) is 6.01. The summed E-state index contributed by atoms with van der Waals surface area (Å²) in [7, 11) is 0. The average Bonchev–Trinajstić information content (AvgIpc) is 3.38. The van der Waals surface area contributed by atoms with Gasteiger partial charge in [-0.1, -0.05) is 36.0 Å². The summed E-state index contributed by atoms with van der Waals surface area (Å²) in [6, 6.07) is 11.4. The molecule has 0 aromatic heterocycles. The van der Waals surface area contributed by atoms with Gasteiger partial charge in [-0.25, -0.2) is 13.8 Å². The van der Waals surface area contributed by atoms with Crippen molar-refractivity contribution in [1.82, 2.24) is 9.91 Å². The van der Waals surface area contributed by atoms with Gasteiger partial charge in [-0.15, -0.1) is 0 Å². The average molecular weight is 458 g/mol. The molecule has 0 bridgehead atoms. The van der Waals surface area contributed by atoms with Gasteiger partial charge in [-0.2, -0.15) is 5.10 Å². The molecule has 1 saturated heterocycles. The summed E-state index contributed by atoms with van der Waals surface area (Å²) in [5.74, 6) is -1.16. The fraction of sp³-hybridized carbons (Fsp3) is 0.417. The second-order valence-electron chi connectivity index (χ2n) is 8.34. The maximum Gasteiger partial charge on any atom is 0.244 e. The quantitative estimate of drug-likeness (QED) is 0.678. The largest absolute Gasteiger partial charge is 0.379 e. The first-order valence-corrected chi connectivity index (χ1v) is 11.8. The summed E-state index contributed by atoms with van der Waals surface area (Å²) >= 11 is 1.36. The van der Waals surface area contributed by atoms with Crippen LogP contribution < -0.4 is 0 Å². The van der Waals surface area contributed by atoms with E-state index in [1.807, 2.05) is 18.2 Å². The molecule has 168 valence electrons. The van der Waals surface area contributed by atoms with Gasteiger partial charge in [0.15, 0.2) is 0 Å². The van der Waals surface area contributed by atoms with E-state index in [0.29, 0.717) is 17.9 Å². The van der Waals surface area contributed by atoms with Gasteiger partial charge < -0.3 is 4.74 Å². The first-order chi connectivity index (χ1) is 15.6. The van der Waals surface area contributed by atoms with Crippen LogP contribution in [0.1, 0.15) is 36.0 Å². The summed E-state index contributed by atoms with van der Waals surface area (Å²) in [6.07, 6.45) is 2.58. The Morgan fingerprint density at radius 1 is 1.16 bits per heavy atom. The van der Waals surface area contributed by atoms with E-state index in [1.165, 1.54) is 17.3 Å².